The number of halogens is 3. The van der Waals surface area contributed by atoms with Gasteiger partial charge in [0, 0.05) is 25.2 Å². The third-order valence-electron chi connectivity index (χ3n) is 4.12. The van der Waals surface area contributed by atoms with Crippen molar-refractivity contribution < 1.29 is 32.4 Å². The fraction of sp³-hybridized carbons (Fsp3) is 0.500. The van der Waals surface area contributed by atoms with E-state index in [1.165, 1.54) is 0 Å². The number of ether oxygens (including phenoxy) is 2. The van der Waals surface area contributed by atoms with E-state index in [0.29, 0.717) is 0 Å². The number of benzene rings is 1. The van der Waals surface area contributed by atoms with Crippen LogP contribution >= 0.6 is 0 Å². The summed E-state index contributed by atoms with van der Waals surface area (Å²) in [7, 11) is 0. The van der Waals surface area contributed by atoms with Crippen molar-refractivity contribution in [1.82, 2.24) is 4.90 Å². The lowest BCUT2D eigenvalue weighted by Gasteiger charge is -2.47. The number of Topliss-reactive ketones (excluding diaryl/α,β-unsaturated/α-hetero) is 1. The Hall–Kier alpha value is -2.20. The van der Waals surface area contributed by atoms with E-state index in [2.05, 4.69) is 0 Å². The first-order chi connectivity index (χ1) is 11.2. The number of fused-ring (bicyclic) bond motifs is 1. The predicted molar refractivity (Wildman–Crippen MR) is 73.8 cm³/mol. The summed E-state index contributed by atoms with van der Waals surface area (Å²) < 4.78 is 51.7. The molecule has 0 radical (unpaired) electrons. The maximum atomic E-state index is 13.8. The van der Waals surface area contributed by atoms with Crippen molar-refractivity contribution in [2.24, 2.45) is 0 Å². The highest BCUT2D eigenvalue weighted by Gasteiger charge is 2.64. The van der Waals surface area contributed by atoms with Gasteiger partial charge in [-0.15, -0.1) is 0 Å². The SMILES string of the molecule is O=C1CC(N2CCOCC2)(C(F)(F)F)Oc2ccc([N+](=O)[O-])cc21. The van der Waals surface area contributed by atoms with Gasteiger partial charge in [0.05, 0.1) is 30.1 Å². The fourth-order valence-corrected chi connectivity index (χ4v) is 2.91. The number of nitro benzene ring substituents is 1. The molecule has 3 rings (SSSR count). The fourth-order valence-electron chi connectivity index (χ4n) is 2.91. The Labute approximate surface area is 134 Å². The summed E-state index contributed by atoms with van der Waals surface area (Å²) in [6.07, 6.45) is -5.77. The van der Waals surface area contributed by atoms with Crippen molar-refractivity contribution in [3.63, 3.8) is 0 Å². The summed E-state index contributed by atoms with van der Waals surface area (Å²) in [6, 6.07) is 2.99. The molecule has 10 heteroatoms. The minimum absolute atomic E-state index is 0.0326. The van der Waals surface area contributed by atoms with E-state index in [4.69, 9.17) is 9.47 Å². The second-order valence-electron chi connectivity index (χ2n) is 5.52. The van der Waals surface area contributed by atoms with Gasteiger partial charge in [-0.2, -0.15) is 13.2 Å². The molecule has 0 spiro atoms. The van der Waals surface area contributed by atoms with Crippen molar-refractivity contribution in [3.05, 3.63) is 33.9 Å². The molecule has 1 aromatic carbocycles. The maximum Gasteiger partial charge on any atom is 0.443 e. The van der Waals surface area contributed by atoms with Crippen molar-refractivity contribution in [2.45, 2.75) is 18.3 Å². The molecule has 1 aromatic rings. The highest BCUT2D eigenvalue weighted by atomic mass is 19.4. The monoisotopic (exact) mass is 346 g/mol. The van der Waals surface area contributed by atoms with Crippen molar-refractivity contribution in [3.8, 4) is 5.75 Å². The lowest BCUT2D eigenvalue weighted by Crippen LogP contribution is -2.67. The summed E-state index contributed by atoms with van der Waals surface area (Å²) in [5, 5.41) is 10.8. The van der Waals surface area contributed by atoms with Crippen LogP contribution in [0.5, 0.6) is 5.75 Å². The highest BCUT2D eigenvalue weighted by Crippen LogP contribution is 2.46. The number of nitrogens with zero attached hydrogens (tertiary/aromatic N) is 2. The van der Waals surface area contributed by atoms with Crippen molar-refractivity contribution in [1.29, 1.82) is 0 Å². The van der Waals surface area contributed by atoms with Crippen molar-refractivity contribution in [2.75, 3.05) is 26.3 Å². The van der Waals surface area contributed by atoms with Crippen LogP contribution < -0.4 is 4.74 Å². The number of alkyl halides is 3. The minimum Gasteiger partial charge on any atom is -0.462 e. The van der Waals surface area contributed by atoms with Gasteiger partial charge in [-0.25, -0.2) is 0 Å². The number of nitro groups is 1. The average molecular weight is 346 g/mol. The molecule has 1 saturated heterocycles. The molecule has 1 atom stereocenters. The molecule has 2 heterocycles. The Balaban J connectivity index is 2.04. The van der Waals surface area contributed by atoms with E-state index in [-0.39, 0.29) is 43.3 Å². The third kappa shape index (κ3) is 2.61. The topological polar surface area (TPSA) is 81.9 Å². The predicted octanol–water partition coefficient (Wildman–Crippen LogP) is 2.15. The summed E-state index contributed by atoms with van der Waals surface area (Å²) in [5.74, 6) is -1.15. The smallest absolute Gasteiger partial charge is 0.443 e. The lowest BCUT2D eigenvalue weighted by molar-refractivity contribution is -0.385. The van der Waals surface area contributed by atoms with Crippen molar-refractivity contribution >= 4 is 11.5 Å². The van der Waals surface area contributed by atoms with Gasteiger partial charge in [-0.3, -0.25) is 19.8 Å². The summed E-state index contributed by atoms with van der Waals surface area (Å²) >= 11 is 0. The molecule has 1 fully saturated rings. The van der Waals surface area contributed by atoms with Gasteiger partial charge in [0.15, 0.2) is 5.78 Å². The highest BCUT2D eigenvalue weighted by molar-refractivity contribution is 6.01. The van der Waals surface area contributed by atoms with E-state index in [1.54, 1.807) is 0 Å². The average Bonchev–Trinajstić information content (AvgIpc) is 2.54. The largest absolute Gasteiger partial charge is 0.462 e. The van der Waals surface area contributed by atoms with Crippen LogP contribution in [0.3, 0.4) is 0 Å². The molecule has 7 nitrogen and oxygen atoms in total. The third-order valence-corrected chi connectivity index (χ3v) is 4.12. The lowest BCUT2D eigenvalue weighted by atomic mass is 9.93. The number of carbonyl (C=O) groups is 1. The molecule has 0 saturated carbocycles. The number of hydrogen-bond acceptors (Lipinski definition) is 6. The molecular weight excluding hydrogens is 333 g/mol. The Morgan fingerprint density at radius 1 is 1.25 bits per heavy atom. The van der Waals surface area contributed by atoms with Gasteiger partial charge >= 0.3 is 6.18 Å². The molecular formula is C14H13F3N2O5. The summed E-state index contributed by atoms with van der Waals surface area (Å²) in [5.41, 5.74) is -3.37. The van der Waals surface area contributed by atoms with E-state index in [0.717, 1.165) is 23.1 Å². The van der Waals surface area contributed by atoms with Crippen LogP contribution in [0.4, 0.5) is 18.9 Å². The standard InChI is InChI=1S/C14H13F3N2O5/c15-14(16,17)13(18-3-5-23-6-4-18)8-11(20)10-7-9(19(21)22)1-2-12(10)24-13/h1-2,7H,3-6,8H2. The van der Waals surface area contributed by atoms with Gasteiger partial charge in [0.2, 0.25) is 0 Å². The normalized spacial score (nSPS) is 25.0. The number of ketones is 1. The molecule has 0 bridgehead atoms. The first-order valence-electron chi connectivity index (χ1n) is 7.15. The van der Waals surface area contributed by atoms with E-state index >= 15 is 0 Å². The zero-order valence-electron chi connectivity index (χ0n) is 12.3. The Kier molecular flexibility index (Phi) is 3.96. The van der Waals surface area contributed by atoms with Gasteiger partial charge in [0.25, 0.3) is 11.4 Å². The zero-order chi connectivity index (χ0) is 17.5. The molecule has 24 heavy (non-hydrogen) atoms. The first kappa shape index (κ1) is 16.7. The summed E-state index contributed by atoms with van der Waals surface area (Å²) in [6.45, 7) is 0.134. The maximum absolute atomic E-state index is 13.8. The van der Waals surface area contributed by atoms with E-state index < -0.39 is 29.0 Å². The number of morpholine rings is 1. The molecule has 0 amide bonds. The van der Waals surface area contributed by atoms with Crippen LogP contribution in [-0.4, -0.2) is 53.8 Å². The van der Waals surface area contributed by atoms with Crippen LogP contribution in [0.15, 0.2) is 18.2 Å². The van der Waals surface area contributed by atoms with Gasteiger partial charge in [-0.05, 0) is 6.07 Å². The molecule has 130 valence electrons. The summed E-state index contributed by atoms with van der Waals surface area (Å²) in [4.78, 5) is 23.4. The number of non-ortho nitro benzene ring substituents is 1. The van der Waals surface area contributed by atoms with Crippen LogP contribution in [0, 0.1) is 10.1 Å². The molecule has 0 aromatic heterocycles. The molecule has 1 unspecified atom stereocenters. The molecule has 0 N–H and O–H groups in total. The van der Waals surface area contributed by atoms with Crippen LogP contribution in [-0.2, 0) is 4.74 Å². The minimum atomic E-state index is -4.82. The van der Waals surface area contributed by atoms with Gasteiger partial charge in [0.1, 0.15) is 5.75 Å². The first-order valence-corrected chi connectivity index (χ1v) is 7.15. The molecule has 0 aliphatic carbocycles. The Bertz CT molecular complexity index is 687. The van der Waals surface area contributed by atoms with E-state index in [9.17, 15) is 28.1 Å². The molecule has 2 aliphatic rings. The Morgan fingerprint density at radius 2 is 1.92 bits per heavy atom. The van der Waals surface area contributed by atoms with Gasteiger partial charge in [-0.1, -0.05) is 0 Å². The number of rotatable bonds is 2. The van der Waals surface area contributed by atoms with Crippen LogP contribution in [0.25, 0.3) is 0 Å². The second-order valence-corrected chi connectivity index (χ2v) is 5.52. The van der Waals surface area contributed by atoms with Gasteiger partial charge < -0.3 is 9.47 Å². The van der Waals surface area contributed by atoms with Crippen LogP contribution in [0.1, 0.15) is 16.8 Å². The quantitative estimate of drug-likeness (QED) is 0.603. The Morgan fingerprint density at radius 3 is 2.50 bits per heavy atom. The number of hydrogen-bond donors (Lipinski definition) is 0. The van der Waals surface area contributed by atoms with Crippen LogP contribution in [0.2, 0.25) is 0 Å². The van der Waals surface area contributed by atoms with E-state index in [1.807, 2.05) is 0 Å². The second kappa shape index (κ2) is 5.71. The zero-order valence-corrected chi connectivity index (χ0v) is 12.3. The molecule has 2 aliphatic heterocycles. The number of carbonyl (C=O) groups excluding carboxylic acids is 1.